The molecule has 0 spiro atoms. The first kappa shape index (κ1) is 71.6. The van der Waals surface area contributed by atoms with Crippen molar-refractivity contribution < 1.29 is 24.5 Å². The lowest BCUT2D eigenvalue weighted by molar-refractivity contribution is -0.143. The summed E-state index contributed by atoms with van der Waals surface area (Å²) in [6, 6.07) is -0.621. The Morgan fingerprint density at radius 2 is 0.630 bits per heavy atom. The molecule has 6 heteroatoms. The first-order valence-electron chi connectivity index (χ1n) is 33.5. The molecule has 73 heavy (non-hydrogen) atoms. The van der Waals surface area contributed by atoms with Gasteiger partial charge in [-0.3, -0.25) is 9.59 Å². The van der Waals surface area contributed by atoms with Gasteiger partial charge in [-0.05, 0) is 32.1 Å². The third-order valence-corrected chi connectivity index (χ3v) is 15.8. The SMILES string of the molecule is CCCCCCCCC/C=C/C(O)C(CO)NC(=O)CCCCCCCCCCCCCCCCCCCCCCCCCCCCCCCCCCCOC(=O)CCCCCCCCCCCCCCCC. The molecule has 0 saturated carbocycles. The van der Waals surface area contributed by atoms with Crippen molar-refractivity contribution in [3.63, 3.8) is 0 Å². The van der Waals surface area contributed by atoms with E-state index in [2.05, 4.69) is 19.2 Å². The highest BCUT2D eigenvalue weighted by Gasteiger charge is 2.18. The fraction of sp³-hybridized carbons (Fsp3) is 0.940. The summed E-state index contributed by atoms with van der Waals surface area (Å²) in [5.74, 6) is -0.0399. The number of ether oxygens (including phenoxy) is 1. The van der Waals surface area contributed by atoms with Crippen LogP contribution in [0, 0.1) is 0 Å². The van der Waals surface area contributed by atoms with E-state index in [9.17, 15) is 19.8 Å². The Bertz CT molecular complexity index is 1100. The van der Waals surface area contributed by atoms with Gasteiger partial charge in [0.25, 0.3) is 0 Å². The number of aliphatic hydroxyl groups excluding tert-OH is 2. The molecule has 0 bridgehead atoms. The van der Waals surface area contributed by atoms with E-state index in [1.54, 1.807) is 6.08 Å². The minimum atomic E-state index is -0.838. The van der Waals surface area contributed by atoms with Crippen LogP contribution in [0.15, 0.2) is 12.2 Å². The number of esters is 1. The Morgan fingerprint density at radius 3 is 0.932 bits per heavy atom. The third-order valence-electron chi connectivity index (χ3n) is 15.8. The standard InChI is InChI=1S/C67H131NO5/c1-3-5-7-9-11-13-14-15-38-41-45-49-53-57-61-67(72)73-62-58-54-50-46-42-39-36-34-32-30-28-26-24-22-20-18-16-17-19-21-23-25-27-29-31-33-35-37-40-44-48-52-56-60-66(71)68-64(63-69)65(70)59-55-51-47-43-12-10-8-6-4-2/h55,59,64-65,69-70H,3-54,56-58,60-63H2,1-2H3,(H,68,71)/b59-55+. The Balaban J connectivity index is 3.28. The minimum Gasteiger partial charge on any atom is -0.466 e. The van der Waals surface area contributed by atoms with Crippen LogP contribution in [0.25, 0.3) is 0 Å². The zero-order valence-corrected chi connectivity index (χ0v) is 49.6. The number of amides is 1. The van der Waals surface area contributed by atoms with Gasteiger partial charge in [-0.25, -0.2) is 0 Å². The summed E-state index contributed by atoms with van der Waals surface area (Å²) in [7, 11) is 0. The van der Waals surface area contributed by atoms with E-state index in [1.807, 2.05) is 6.08 Å². The summed E-state index contributed by atoms with van der Waals surface area (Å²) >= 11 is 0. The van der Waals surface area contributed by atoms with E-state index < -0.39 is 12.1 Å². The minimum absolute atomic E-state index is 0.0243. The largest absolute Gasteiger partial charge is 0.466 e. The van der Waals surface area contributed by atoms with Gasteiger partial charge in [-0.15, -0.1) is 0 Å². The Hall–Kier alpha value is -1.40. The molecule has 0 rings (SSSR count). The first-order valence-corrected chi connectivity index (χ1v) is 33.5. The van der Waals surface area contributed by atoms with Gasteiger partial charge >= 0.3 is 5.97 Å². The molecule has 0 radical (unpaired) electrons. The van der Waals surface area contributed by atoms with Crippen LogP contribution in [0.1, 0.15) is 380 Å². The van der Waals surface area contributed by atoms with Gasteiger partial charge in [0.05, 0.1) is 25.4 Å². The van der Waals surface area contributed by atoms with Gasteiger partial charge in [0.15, 0.2) is 0 Å². The number of rotatable bonds is 63. The van der Waals surface area contributed by atoms with Crippen molar-refractivity contribution in [3.8, 4) is 0 Å². The predicted octanol–water partition coefficient (Wildman–Crippen LogP) is 21.2. The molecular formula is C67H131NO5. The molecule has 0 saturated heterocycles. The van der Waals surface area contributed by atoms with E-state index >= 15 is 0 Å². The van der Waals surface area contributed by atoms with E-state index in [0.717, 1.165) is 38.5 Å². The maximum atomic E-state index is 12.4. The molecule has 0 aliphatic carbocycles. The zero-order valence-electron chi connectivity index (χ0n) is 49.6. The van der Waals surface area contributed by atoms with E-state index in [1.165, 1.54) is 315 Å². The van der Waals surface area contributed by atoms with Crippen molar-refractivity contribution in [2.75, 3.05) is 13.2 Å². The lowest BCUT2D eigenvalue weighted by Gasteiger charge is -2.20. The highest BCUT2D eigenvalue weighted by Crippen LogP contribution is 2.19. The van der Waals surface area contributed by atoms with Crippen LogP contribution in [0.3, 0.4) is 0 Å². The lowest BCUT2D eigenvalue weighted by Crippen LogP contribution is -2.45. The normalized spacial score (nSPS) is 12.5. The van der Waals surface area contributed by atoms with E-state index in [4.69, 9.17) is 4.74 Å². The number of unbranched alkanes of at least 4 members (excludes halogenated alkanes) is 52. The number of allylic oxidation sites excluding steroid dienone is 1. The van der Waals surface area contributed by atoms with Crippen LogP contribution in [0.4, 0.5) is 0 Å². The van der Waals surface area contributed by atoms with Crippen LogP contribution in [0.5, 0.6) is 0 Å². The Morgan fingerprint density at radius 1 is 0.370 bits per heavy atom. The molecule has 0 aromatic rings. The number of hydrogen-bond acceptors (Lipinski definition) is 5. The summed E-state index contributed by atoms with van der Waals surface area (Å²) in [6.45, 7) is 4.91. The molecule has 2 atom stereocenters. The number of hydrogen-bond donors (Lipinski definition) is 3. The molecule has 0 aliphatic rings. The van der Waals surface area contributed by atoms with Crippen molar-refractivity contribution >= 4 is 11.9 Å². The molecule has 1 amide bonds. The number of carbonyl (C=O) groups is 2. The predicted molar refractivity (Wildman–Crippen MR) is 320 cm³/mol. The second-order valence-electron chi connectivity index (χ2n) is 23.2. The van der Waals surface area contributed by atoms with Crippen LogP contribution in [-0.2, 0) is 14.3 Å². The smallest absolute Gasteiger partial charge is 0.305 e. The van der Waals surface area contributed by atoms with Crippen molar-refractivity contribution in [2.24, 2.45) is 0 Å². The van der Waals surface area contributed by atoms with Crippen molar-refractivity contribution in [1.29, 1.82) is 0 Å². The van der Waals surface area contributed by atoms with Crippen molar-refractivity contribution in [1.82, 2.24) is 5.32 Å². The number of nitrogens with one attached hydrogen (secondary N) is 1. The van der Waals surface area contributed by atoms with Crippen LogP contribution in [-0.4, -0.2) is 47.4 Å². The van der Waals surface area contributed by atoms with Gasteiger partial charge in [0.2, 0.25) is 5.91 Å². The maximum Gasteiger partial charge on any atom is 0.305 e. The fourth-order valence-electron chi connectivity index (χ4n) is 10.7. The van der Waals surface area contributed by atoms with Gasteiger partial charge < -0.3 is 20.3 Å². The molecule has 0 aromatic heterocycles. The van der Waals surface area contributed by atoms with Gasteiger partial charge in [0, 0.05) is 12.8 Å². The first-order chi connectivity index (χ1) is 36.0. The van der Waals surface area contributed by atoms with Crippen LogP contribution < -0.4 is 5.32 Å². The molecule has 2 unspecified atom stereocenters. The average Bonchev–Trinajstić information content (AvgIpc) is 3.39. The second-order valence-corrected chi connectivity index (χ2v) is 23.2. The molecule has 0 aliphatic heterocycles. The van der Waals surface area contributed by atoms with Crippen molar-refractivity contribution in [2.45, 2.75) is 392 Å². The zero-order chi connectivity index (χ0) is 52.9. The topological polar surface area (TPSA) is 95.9 Å². The summed E-state index contributed by atoms with van der Waals surface area (Å²) < 4.78 is 5.50. The van der Waals surface area contributed by atoms with Crippen LogP contribution in [0.2, 0.25) is 0 Å². The molecule has 434 valence electrons. The molecule has 0 heterocycles. The average molecular weight is 1030 g/mol. The Labute approximate surface area is 457 Å². The highest BCUT2D eigenvalue weighted by atomic mass is 16.5. The van der Waals surface area contributed by atoms with Gasteiger partial charge in [-0.1, -0.05) is 347 Å². The van der Waals surface area contributed by atoms with Gasteiger partial charge in [0.1, 0.15) is 0 Å². The lowest BCUT2D eigenvalue weighted by atomic mass is 10.0. The van der Waals surface area contributed by atoms with E-state index in [-0.39, 0.29) is 18.5 Å². The summed E-state index contributed by atoms with van der Waals surface area (Å²) in [5.41, 5.74) is 0. The van der Waals surface area contributed by atoms with Crippen LogP contribution >= 0.6 is 0 Å². The molecule has 0 aromatic carbocycles. The molecule has 0 fully saturated rings. The monoisotopic (exact) mass is 1030 g/mol. The molecule has 3 N–H and O–H groups in total. The summed E-state index contributed by atoms with van der Waals surface area (Å²) in [4.78, 5) is 24.5. The number of carbonyl (C=O) groups excluding carboxylic acids is 2. The molecular weight excluding hydrogens is 899 g/mol. The van der Waals surface area contributed by atoms with Gasteiger partial charge in [-0.2, -0.15) is 0 Å². The summed E-state index contributed by atoms with van der Waals surface area (Å²) in [5, 5.41) is 23.0. The quantitative estimate of drug-likeness (QED) is 0.0320. The fourth-order valence-corrected chi connectivity index (χ4v) is 10.7. The maximum absolute atomic E-state index is 12.4. The number of aliphatic hydroxyl groups is 2. The Kier molecular flexibility index (Phi) is 61.9. The summed E-state index contributed by atoms with van der Waals surface area (Å²) in [6.07, 6.45) is 77.3. The second kappa shape index (κ2) is 63.1. The molecule has 6 nitrogen and oxygen atoms in total. The third kappa shape index (κ3) is 59.7. The van der Waals surface area contributed by atoms with E-state index in [0.29, 0.717) is 19.4 Å². The van der Waals surface area contributed by atoms with Crippen molar-refractivity contribution in [3.05, 3.63) is 12.2 Å². The highest BCUT2D eigenvalue weighted by molar-refractivity contribution is 5.76.